The number of carbonyl (C=O) groups excluding carboxylic acids is 1. The van der Waals surface area contributed by atoms with Crippen LogP contribution in [0.15, 0.2) is 53.5 Å². The number of halogens is 1. The van der Waals surface area contributed by atoms with Crippen LogP contribution in [0.25, 0.3) is 10.2 Å². The minimum Gasteiger partial charge on any atom is -0.319 e. The summed E-state index contributed by atoms with van der Waals surface area (Å²) in [5.41, 5.74) is 2.18. The van der Waals surface area contributed by atoms with Gasteiger partial charge in [-0.1, -0.05) is 41.7 Å². The molecule has 0 fully saturated rings. The van der Waals surface area contributed by atoms with Gasteiger partial charge in [0.1, 0.15) is 5.82 Å². The summed E-state index contributed by atoms with van der Waals surface area (Å²) in [6.07, 6.45) is 1.24. The van der Waals surface area contributed by atoms with Crippen LogP contribution in [0.1, 0.15) is 18.4 Å². The van der Waals surface area contributed by atoms with E-state index in [0.29, 0.717) is 11.2 Å². The molecule has 0 saturated heterocycles. The fourth-order valence-corrected chi connectivity index (χ4v) is 4.45. The first kappa shape index (κ1) is 17.9. The highest BCUT2D eigenvalue weighted by atomic mass is 32.2. The Labute approximate surface area is 154 Å². The number of benzene rings is 2. The molecular weight excluding hydrogens is 355 g/mol. The molecule has 0 aliphatic rings. The number of aromatic nitrogens is 1. The third-order valence-corrected chi connectivity index (χ3v) is 5.99. The van der Waals surface area contributed by atoms with E-state index in [9.17, 15) is 9.18 Å². The number of hydrogen-bond donors (Lipinski definition) is 0. The highest BCUT2D eigenvalue weighted by Crippen LogP contribution is 2.18. The van der Waals surface area contributed by atoms with Crippen LogP contribution in [0.2, 0.25) is 0 Å². The van der Waals surface area contributed by atoms with Gasteiger partial charge in [-0.25, -0.2) is 4.39 Å². The lowest BCUT2D eigenvalue weighted by Crippen LogP contribution is -2.13. The van der Waals surface area contributed by atoms with E-state index in [1.54, 1.807) is 6.07 Å². The molecule has 3 rings (SSSR count). The number of hydrogen-bond acceptors (Lipinski definition) is 3. The molecule has 0 radical (unpaired) electrons. The number of thiazole rings is 1. The second-order valence-corrected chi connectivity index (χ2v) is 7.82. The van der Waals surface area contributed by atoms with E-state index >= 15 is 0 Å². The molecule has 0 aliphatic carbocycles. The molecule has 3 nitrogen and oxygen atoms in total. The number of fused-ring (bicyclic) bond motifs is 1. The molecule has 1 amide bonds. The smallest absolute Gasteiger partial charge is 0.248 e. The number of amides is 1. The van der Waals surface area contributed by atoms with E-state index in [4.69, 9.17) is 0 Å². The average molecular weight is 375 g/mol. The van der Waals surface area contributed by atoms with Crippen LogP contribution in [0, 0.1) is 5.82 Å². The molecule has 0 spiro atoms. The molecule has 2 aromatic carbocycles. The molecule has 0 bridgehead atoms. The van der Waals surface area contributed by atoms with Crippen molar-refractivity contribution < 1.29 is 9.18 Å². The van der Waals surface area contributed by atoms with Crippen molar-refractivity contribution in [2.24, 2.45) is 12.0 Å². The summed E-state index contributed by atoms with van der Waals surface area (Å²) in [7, 11) is 1.85. The molecule has 0 aliphatic heterocycles. The summed E-state index contributed by atoms with van der Waals surface area (Å²) in [6, 6.07) is 14.9. The minimum absolute atomic E-state index is 0.122. The van der Waals surface area contributed by atoms with Crippen molar-refractivity contribution in [3.63, 3.8) is 0 Å². The largest absolute Gasteiger partial charge is 0.319 e. The van der Waals surface area contributed by atoms with Gasteiger partial charge < -0.3 is 4.57 Å². The number of carbonyl (C=O) groups is 1. The van der Waals surface area contributed by atoms with Crippen molar-refractivity contribution in [3.8, 4) is 0 Å². The van der Waals surface area contributed by atoms with Crippen molar-refractivity contribution in [2.75, 3.05) is 5.75 Å². The third-order valence-electron chi connectivity index (χ3n) is 3.78. The van der Waals surface area contributed by atoms with Crippen molar-refractivity contribution >= 4 is 39.2 Å². The number of nitrogens with zero attached hydrogens (tertiary/aromatic N) is 2. The van der Waals surface area contributed by atoms with Gasteiger partial charge in [-0.05, 0) is 35.9 Å². The van der Waals surface area contributed by atoms with Crippen LogP contribution in [-0.2, 0) is 17.6 Å². The number of aryl methyl sites for hydroxylation is 1. The van der Waals surface area contributed by atoms with Crippen molar-refractivity contribution in [1.29, 1.82) is 0 Å². The van der Waals surface area contributed by atoms with Gasteiger partial charge in [0.2, 0.25) is 5.91 Å². The van der Waals surface area contributed by atoms with E-state index in [1.165, 1.54) is 29.0 Å². The van der Waals surface area contributed by atoms with Gasteiger partial charge in [0.05, 0.1) is 10.2 Å². The maximum absolute atomic E-state index is 13.3. The summed E-state index contributed by atoms with van der Waals surface area (Å²) in [5.74, 6) is 1.49. The quantitative estimate of drug-likeness (QED) is 0.595. The van der Waals surface area contributed by atoms with Gasteiger partial charge in [0, 0.05) is 19.2 Å². The molecule has 0 N–H and O–H groups in total. The first-order chi connectivity index (χ1) is 12.1. The Kier molecular flexibility index (Phi) is 6.04. The molecular formula is C19H19FN2OS2. The fraction of sp³-hybridized carbons (Fsp3) is 0.263. The second kappa shape index (κ2) is 8.45. The second-order valence-electron chi connectivity index (χ2n) is 5.70. The number of thioether (sulfide) groups is 1. The van der Waals surface area contributed by atoms with Gasteiger partial charge in [-0.2, -0.15) is 16.8 Å². The molecule has 0 saturated carbocycles. The lowest BCUT2D eigenvalue weighted by Gasteiger charge is -2.00. The summed E-state index contributed by atoms with van der Waals surface area (Å²) in [4.78, 5) is 16.9. The number of rotatable bonds is 6. The van der Waals surface area contributed by atoms with Gasteiger partial charge in [-0.15, -0.1) is 0 Å². The zero-order chi connectivity index (χ0) is 17.6. The van der Waals surface area contributed by atoms with Gasteiger partial charge >= 0.3 is 0 Å². The van der Waals surface area contributed by atoms with Crippen LogP contribution in [0.4, 0.5) is 4.39 Å². The summed E-state index contributed by atoms with van der Waals surface area (Å²) in [6.45, 7) is 0. The standard InChI is InChI=1S/C19H19FN2OS2/c1-22-16-10-9-15(20)12-17(16)25-19(22)21-18(23)8-5-11-24-13-14-6-3-2-4-7-14/h2-4,6-7,9-10,12H,5,8,11,13H2,1H3. The Morgan fingerprint density at radius 2 is 2.04 bits per heavy atom. The molecule has 0 unspecified atom stereocenters. The Bertz CT molecular complexity index is 931. The Morgan fingerprint density at radius 3 is 2.84 bits per heavy atom. The minimum atomic E-state index is -0.275. The highest BCUT2D eigenvalue weighted by molar-refractivity contribution is 7.98. The Balaban J connectivity index is 1.53. The first-order valence-electron chi connectivity index (χ1n) is 8.08. The van der Waals surface area contributed by atoms with Crippen molar-refractivity contribution in [2.45, 2.75) is 18.6 Å². The van der Waals surface area contributed by atoms with Crippen molar-refractivity contribution in [1.82, 2.24) is 4.57 Å². The van der Waals surface area contributed by atoms with Gasteiger partial charge in [-0.3, -0.25) is 4.79 Å². The summed E-state index contributed by atoms with van der Waals surface area (Å²) in [5, 5.41) is 0. The SMILES string of the molecule is Cn1c(=NC(=O)CCCSCc2ccccc2)sc2cc(F)ccc21. The topological polar surface area (TPSA) is 34.4 Å². The van der Waals surface area contributed by atoms with Gasteiger partial charge in [0.25, 0.3) is 0 Å². The van der Waals surface area contributed by atoms with Crippen LogP contribution >= 0.6 is 23.1 Å². The lowest BCUT2D eigenvalue weighted by molar-refractivity contribution is -0.118. The van der Waals surface area contributed by atoms with E-state index in [2.05, 4.69) is 17.1 Å². The Hall–Kier alpha value is -1.92. The van der Waals surface area contributed by atoms with E-state index in [0.717, 1.165) is 28.1 Å². The monoisotopic (exact) mass is 374 g/mol. The van der Waals surface area contributed by atoms with E-state index in [1.807, 2.05) is 41.6 Å². The molecule has 25 heavy (non-hydrogen) atoms. The molecule has 3 aromatic rings. The average Bonchev–Trinajstić information content (AvgIpc) is 2.90. The highest BCUT2D eigenvalue weighted by Gasteiger charge is 2.06. The zero-order valence-electron chi connectivity index (χ0n) is 13.9. The first-order valence-corrected chi connectivity index (χ1v) is 10.0. The molecule has 0 atom stereocenters. The zero-order valence-corrected chi connectivity index (χ0v) is 15.6. The Morgan fingerprint density at radius 1 is 1.24 bits per heavy atom. The van der Waals surface area contributed by atoms with E-state index < -0.39 is 0 Å². The van der Waals surface area contributed by atoms with Crippen LogP contribution in [0.3, 0.4) is 0 Å². The predicted molar refractivity (Wildman–Crippen MR) is 103 cm³/mol. The van der Waals surface area contributed by atoms with Gasteiger partial charge in [0.15, 0.2) is 4.80 Å². The van der Waals surface area contributed by atoms with Crippen LogP contribution in [0.5, 0.6) is 0 Å². The molecule has 1 aromatic heterocycles. The normalized spacial score (nSPS) is 12.0. The maximum Gasteiger partial charge on any atom is 0.248 e. The summed E-state index contributed by atoms with van der Waals surface area (Å²) >= 11 is 3.16. The lowest BCUT2D eigenvalue weighted by atomic mass is 10.2. The maximum atomic E-state index is 13.3. The fourth-order valence-electron chi connectivity index (χ4n) is 2.47. The van der Waals surface area contributed by atoms with Crippen LogP contribution in [-0.4, -0.2) is 16.2 Å². The predicted octanol–water partition coefficient (Wildman–Crippen LogP) is 4.52. The summed E-state index contributed by atoms with van der Waals surface area (Å²) < 4.78 is 15.9. The molecule has 1 heterocycles. The van der Waals surface area contributed by atoms with E-state index in [-0.39, 0.29) is 11.7 Å². The van der Waals surface area contributed by atoms with Crippen molar-refractivity contribution in [3.05, 3.63) is 64.7 Å². The third kappa shape index (κ3) is 4.80. The van der Waals surface area contributed by atoms with Crippen LogP contribution < -0.4 is 4.80 Å². The molecule has 130 valence electrons. The molecule has 6 heteroatoms.